The molecule has 1 aromatic heterocycles. The zero-order valence-electron chi connectivity index (χ0n) is 15.3. The van der Waals surface area contributed by atoms with Gasteiger partial charge in [-0.15, -0.1) is 0 Å². The third kappa shape index (κ3) is 4.68. The van der Waals surface area contributed by atoms with E-state index in [-0.39, 0.29) is 24.2 Å². The van der Waals surface area contributed by atoms with Crippen LogP contribution in [-0.4, -0.2) is 22.5 Å². The number of nitrogens with zero attached hydrogens (tertiary/aromatic N) is 1. The van der Waals surface area contributed by atoms with E-state index in [2.05, 4.69) is 15.8 Å². The molecule has 0 aliphatic rings. The summed E-state index contributed by atoms with van der Waals surface area (Å²) in [5, 5.41) is 9.54. The van der Waals surface area contributed by atoms with Gasteiger partial charge in [0.2, 0.25) is 11.8 Å². The van der Waals surface area contributed by atoms with Gasteiger partial charge < -0.3 is 15.2 Å². The maximum atomic E-state index is 12.4. The fourth-order valence-electron chi connectivity index (χ4n) is 2.84. The summed E-state index contributed by atoms with van der Waals surface area (Å²) in [6.45, 7) is 9.01. The molecule has 0 saturated carbocycles. The molecule has 0 aliphatic carbocycles. The van der Waals surface area contributed by atoms with E-state index in [4.69, 9.17) is 4.52 Å². The van der Waals surface area contributed by atoms with E-state index in [0.717, 1.165) is 17.0 Å². The molecule has 2 aromatic rings. The molecule has 2 rings (SSSR count). The van der Waals surface area contributed by atoms with Gasteiger partial charge >= 0.3 is 0 Å². The zero-order chi connectivity index (χ0) is 18.6. The number of hydrogen-bond donors (Lipinski definition) is 2. The van der Waals surface area contributed by atoms with Crippen molar-refractivity contribution in [2.24, 2.45) is 0 Å². The lowest BCUT2D eigenvalue weighted by Gasteiger charge is -2.26. The Morgan fingerprint density at radius 1 is 1.20 bits per heavy atom. The second-order valence-corrected chi connectivity index (χ2v) is 6.84. The topological polar surface area (TPSA) is 84.2 Å². The number of hydrogen-bond acceptors (Lipinski definition) is 4. The van der Waals surface area contributed by atoms with E-state index in [9.17, 15) is 9.59 Å². The molecule has 0 bridgehead atoms. The molecule has 0 spiro atoms. The van der Waals surface area contributed by atoms with Crippen LogP contribution in [0.25, 0.3) is 0 Å². The number of carbonyl (C=O) groups excluding carboxylic acids is 2. The smallest absolute Gasteiger partial charge is 0.249 e. The molecule has 6 heteroatoms. The first-order valence-electron chi connectivity index (χ1n) is 8.31. The van der Waals surface area contributed by atoms with Crippen LogP contribution in [0.15, 0.2) is 34.9 Å². The van der Waals surface area contributed by atoms with Crippen LogP contribution < -0.4 is 10.6 Å². The summed E-state index contributed by atoms with van der Waals surface area (Å²) in [5.41, 5.74) is 1.41. The van der Waals surface area contributed by atoms with Gasteiger partial charge in [0.1, 0.15) is 11.3 Å². The van der Waals surface area contributed by atoms with Crippen molar-refractivity contribution < 1.29 is 14.1 Å². The number of aryl methyl sites for hydroxylation is 2. The quantitative estimate of drug-likeness (QED) is 0.843. The van der Waals surface area contributed by atoms with Gasteiger partial charge in [-0.25, -0.2) is 0 Å². The predicted molar refractivity (Wildman–Crippen MR) is 96.3 cm³/mol. The Kier molecular flexibility index (Phi) is 5.62. The highest BCUT2D eigenvalue weighted by molar-refractivity contribution is 5.99. The lowest BCUT2D eigenvalue weighted by molar-refractivity contribution is -0.129. The highest BCUT2D eigenvalue weighted by Gasteiger charge is 2.30. The van der Waals surface area contributed by atoms with Crippen molar-refractivity contribution in [1.29, 1.82) is 0 Å². The van der Waals surface area contributed by atoms with Crippen LogP contribution in [0, 0.1) is 13.8 Å². The maximum Gasteiger partial charge on any atom is 0.249 e. The summed E-state index contributed by atoms with van der Waals surface area (Å²) in [4.78, 5) is 24.8. The van der Waals surface area contributed by atoms with E-state index in [1.54, 1.807) is 26.0 Å². The molecule has 2 N–H and O–H groups in total. The predicted octanol–water partition coefficient (Wildman–Crippen LogP) is 3.32. The van der Waals surface area contributed by atoms with Gasteiger partial charge in [-0.1, -0.05) is 30.3 Å². The van der Waals surface area contributed by atoms with Gasteiger partial charge in [0, 0.05) is 17.7 Å². The molecular formula is C19H25N3O3. The summed E-state index contributed by atoms with van der Waals surface area (Å²) < 4.78 is 5.16. The van der Waals surface area contributed by atoms with Gasteiger partial charge in [-0.05, 0) is 45.7 Å². The molecule has 0 fully saturated rings. The van der Waals surface area contributed by atoms with Gasteiger partial charge in [-0.2, -0.15) is 0 Å². The van der Waals surface area contributed by atoms with Gasteiger partial charge in [0.15, 0.2) is 0 Å². The Hall–Kier alpha value is -2.63. The van der Waals surface area contributed by atoms with Crippen molar-refractivity contribution in [3.05, 3.63) is 47.3 Å². The van der Waals surface area contributed by atoms with Gasteiger partial charge in [0.25, 0.3) is 0 Å². The molecule has 1 atom stereocenters. The third-order valence-electron chi connectivity index (χ3n) is 4.12. The van der Waals surface area contributed by atoms with Crippen molar-refractivity contribution in [3.63, 3.8) is 0 Å². The summed E-state index contributed by atoms with van der Waals surface area (Å²) in [6, 6.07) is 9.16. The summed E-state index contributed by atoms with van der Waals surface area (Å²) in [7, 11) is 0. The molecule has 134 valence electrons. The van der Waals surface area contributed by atoms with E-state index in [1.807, 2.05) is 39.0 Å². The average molecular weight is 343 g/mol. The lowest BCUT2D eigenvalue weighted by Crippen LogP contribution is -2.52. The summed E-state index contributed by atoms with van der Waals surface area (Å²) in [6.07, 6.45) is 0.255. The van der Waals surface area contributed by atoms with Crippen molar-refractivity contribution in [3.8, 4) is 0 Å². The monoisotopic (exact) mass is 343 g/mol. The number of para-hydroxylation sites is 1. The maximum absolute atomic E-state index is 12.4. The Morgan fingerprint density at radius 2 is 1.84 bits per heavy atom. The first kappa shape index (κ1) is 18.7. The number of benzene rings is 1. The van der Waals surface area contributed by atoms with Crippen LogP contribution in [0.3, 0.4) is 0 Å². The van der Waals surface area contributed by atoms with Crippen LogP contribution in [-0.2, 0) is 9.59 Å². The van der Waals surface area contributed by atoms with E-state index >= 15 is 0 Å². The molecule has 2 amide bonds. The number of anilines is 1. The number of amides is 2. The minimum absolute atomic E-state index is 0.0424. The normalized spacial score (nSPS) is 12.5. The van der Waals surface area contributed by atoms with Gasteiger partial charge in [-0.3, -0.25) is 9.59 Å². The SMILES string of the molecule is Cc1noc(C)c1[C@@H](C)CC(=O)NC(C)(C)C(=O)Nc1ccccc1. The Bertz CT molecular complexity index is 731. The van der Waals surface area contributed by atoms with Crippen LogP contribution in [0.4, 0.5) is 5.69 Å². The minimum Gasteiger partial charge on any atom is -0.361 e. The third-order valence-corrected chi connectivity index (χ3v) is 4.12. The van der Waals surface area contributed by atoms with Crippen molar-refractivity contribution >= 4 is 17.5 Å². The highest BCUT2D eigenvalue weighted by atomic mass is 16.5. The molecular weight excluding hydrogens is 318 g/mol. The number of aromatic nitrogens is 1. The van der Waals surface area contributed by atoms with Crippen LogP contribution >= 0.6 is 0 Å². The van der Waals surface area contributed by atoms with E-state index in [0.29, 0.717) is 5.69 Å². The first-order chi connectivity index (χ1) is 11.7. The molecule has 6 nitrogen and oxygen atoms in total. The van der Waals surface area contributed by atoms with Crippen molar-refractivity contribution in [1.82, 2.24) is 10.5 Å². The molecule has 0 aliphatic heterocycles. The second kappa shape index (κ2) is 7.51. The fraction of sp³-hybridized carbons (Fsp3) is 0.421. The number of nitrogens with one attached hydrogen (secondary N) is 2. The number of carbonyl (C=O) groups is 2. The van der Waals surface area contributed by atoms with Crippen LogP contribution in [0.1, 0.15) is 50.1 Å². The van der Waals surface area contributed by atoms with E-state index < -0.39 is 5.54 Å². The van der Waals surface area contributed by atoms with Crippen LogP contribution in [0.5, 0.6) is 0 Å². The molecule has 1 aromatic carbocycles. The fourth-order valence-corrected chi connectivity index (χ4v) is 2.84. The summed E-state index contributed by atoms with van der Waals surface area (Å²) >= 11 is 0. The standard InChI is InChI=1S/C19H25N3O3/c1-12(17-13(2)22-25-14(17)3)11-16(23)21-19(4,5)18(24)20-15-9-7-6-8-10-15/h6-10,12H,11H2,1-5H3,(H,20,24)(H,21,23)/t12-/m0/s1. The van der Waals surface area contributed by atoms with Gasteiger partial charge in [0.05, 0.1) is 5.69 Å². The molecule has 25 heavy (non-hydrogen) atoms. The van der Waals surface area contributed by atoms with Crippen LogP contribution in [0.2, 0.25) is 0 Å². The average Bonchev–Trinajstić information content (AvgIpc) is 2.86. The molecule has 0 saturated heterocycles. The Labute approximate surface area is 148 Å². The summed E-state index contributed by atoms with van der Waals surface area (Å²) in [5.74, 6) is 0.218. The molecule has 0 radical (unpaired) electrons. The largest absolute Gasteiger partial charge is 0.361 e. The number of rotatable bonds is 6. The first-order valence-corrected chi connectivity index (χ1v) is 8.31. The zero-order valence-corrected chi connectivity index (χ0v) is 15.3. The lowest BCUT2D eigenvalue weighted by atomic mass is 9.95. The molecule has 1 heterocycles. The molecule has 0 unspecified atom stereocenters. The highest BCUT2D eigenvalue weighted by Crippen LogP contribution is 2.26. The second-order valence-electron chi connectivity index (χ2n) is 6.84. The Balaban J connectivity index is 1.97. The minimum atomic E-state index is -1.02. The Morgan fingerprint density at radius 3 is 2.40 bits per heavy atom. The van der Waals surface area contributed by atoms with E-state index in [1.165, 1.54) is 0 Å². The van der Waals surface area contributed by atoms with Crippen molar-refractivity contribution in [2.45, 2.75) is 52.5 Å². The van der Waals surface area contributed by atoms with Crippen molar-refractivity contribution in [2.75, 3.05) is 5.32 Å².